The second-order valence-electron chi connectivity index (χ2n) is 3.80. The third-order valence-corrected chi connectivity index (χ3v) is 1.94. The first-order valence-corrected chi connectivity index (χ1v) is 5.03. The first-order chi connectivity index (χ1) is 6.52. The van der Waals surface area contributed by atoms with Gasteiger partial charge in [0.05, 0.1) is 0 Å². The van der Waals surface area contributed by atoms with Crippen LogP contribution in [-0.4, -0.2) is 11.1 Å². The molecule has 0 aromatic heterocycles. The minimum Gasteiger partial charge on any atom is -0.481 e. The average molecular weight is 233 g/mol. The molecular formula is C12H21ClO2. The molecule has 88 valence electrons. The fourth-order valence-corrected chi connectivity index (χ4v) is 1.13. The van der Waals surface area contributed by atoms with Gasteiger partial charge in [-0.3, -0.25) is 4.79 Å². The van der Waals surface area contributed by atoms with Crippen LogP contribution in [0.1, 0.15) is 46.5 Å². The van der Waals surface area contributed by atoms with Gasteiger partial charge in [0.1, 0.15) is 0 Å². The van der Waals surface area contributed by atoms with E-state index in [9.17, 15) is 4.79 Å². The van der Waals surface area contributed by atoms with Crippen LogP contribution in [0.4, 0.5) is 0 Å². The lowest BCUT2D eigenvalue weighted by Gasteiger charge is -1.98. The molecule has 2 nitrogen and oxygen atoms in total. The number of carbonyl (C=O) groups is 1. The average Bonchev–Trinajstić information content (AvgIpc) is 2.02. The molecular weight excluding hydrogens is 212 g/mol. The Labute approximate surface area is 98.5 Å². The molecule has 0 fully saturated rings. The Morgan fingerprint density at radius 1 is 1.07 bits per heavy atom. The number of hydrogen-bond donors (Lipinski definition) is 1. The van der Waals surface area contributed by atoms with Crippen LogP contribution in [0.5, 0.6) is 0 Å². The maximum atomic E-state index is 10.2. The summed E-state index contributed by atoms with van der Waals surface area (Å²) in [4.78, 5) is 10.2. The SMILES string of the molecule is CC(C)=CCC/C(C)=C\CCC(=O)O.Cl. The van der Waals surface area contributed by atoms with Crippen molar-refractivity contribution in [1.82, 2.24) is 0 Å². The van der Waals surface area contributed by atoms with Gasteiger partial charge in [-0.1, -0.05) is 23.3 Å². The number of hydrogen-bond acceptors (Lipinski definition) is 1. The van der Waals surface area contributed by atoms with Crippen LogP contribution < -0.4 is 0 Å². The van der Waals surface area contributed by atoms with E-state index >= 15 is 0 Å². The van der Waals surface area contributed by atoms with E-state index in [0.29, 0.717) is 6.42 Å². The highest BCUT2D eigenvalue weighted by Gasteiger charge is 1.94. The molecule has 0 atom stereocenters. The third-order valence-electron chi connectivity index (χ3n) is 1.94. The summed E-state index contributed by atoms with van der Waals surface area (Å²) in [6, 6.07) is 0. The Balaban J connectivity index is 0. The van der Waals surface area contributed by atoms with Crippen LogP contribution in [-0.2, 0) is 4.79 Å². The van der Waals surface area contributed by atoms with Crippen molar-refractivity contribution in [2.45, 2.75) is 46.5 Å². The third kappa shape index (κ3) is 13.2. The number of carboxylic acid groups (broad SMARTS) is 1. The van der Waals surface area contributed by atoms with Crippen molar-refractivity contribution in [1.29, 1.82) is 0 Å². The smallest absolute Gasteiger partial charge is 0.303 e. The summed E-state index contributed by atoms with van der Waals surface area (Å²) < 4.78 is 0. The minimum atomic E-state index is -0.724. The molecule has 3 heteroatoms. The van der Waals surface area contributed by atoms with E-state index in [1.807, 2.05) is 6.08 Å². The number of halogens is 1. The molecule has 15 heavy (non-hydrogen) atoms. The topological polar surface area (TPSA) is 37.3 Å². The van der Waals surface area contributed by atoms with Crippen LogP contribution in [0, 0.1) is 0 Å². The molecule has 0 saturated heterocycles. The number of carboxylic acids is 1. The van der Waals surface area contributed by atoms with Gasteiger partial charge in [0.2, 0.25) is 0 Å². The van der Waals surface area contributed by atoms with Crippen LogP contribution in [0.15, 0.2) is 23.3 Å². The molecule has 0 heterocycles. The van der Waals surface area contributed by atoms with Gasteiger partial charge in [0.15, 0.2) is 0 Å². The lowest BCUT2D eigenvalue weighted by molar-refractivity contribution is -0.136. The van der Waals surface area contributed by atoms with Crippen LogP contribution in [0.2, 0.25) is 0 Å². The normalized spacial score (nSPS) is 10.5. The summed E-state index contributed by atoms with van der Waals surface area (Å²) in [6.45, 7) is 6.23. The first-order valence-electron chi connectivity index (χ1n) is 5.03. The Morgan fingerprint density at radius 2 is 1.60 bits per heavy atom. The van der Waals surface area contributed by atoms with Crippen LogP contribution in [0.3, 0.4) is 0 Å². The largest absolute Gasteiger partial charge is 0.481 e. The molecule has 0 amide bonds. The zero-order valence-electron chi connectivity index (χ0n) is 9.75. The number of allylic oxidation sites excluding steroid dienone is 4. The highest BCUT2D eigenvalue weighted by atomic mass is 35.5. The second-order valence-corrected chi connectivity index (χ2v) is 3.80. The second kappa shape index (κ2) is 9.78. The van der Waals surface area contributed by atoms with Gasteiger partial charge < -0.3 is 5.11 Å². The summed E-state index contributed by atoms with van der Waals surface area (Å²) in [5.41, 5.74) is 2.62. The fourth-order valence-electron chi connectivity index (χ4n) is 1.13. The minimum absolute atomic E-state index is 0. The summed E-state index contributed by atoms with van der Waals surface area (Å²) in [7, 11) is 0. The number of rotatable bonds is 6. The Morgan fingerprint density at radius 3 is 2.07 bits per heavy atom. The van der Waals surface area contributed by atoms with Crippen molar-refractivity contribution in [3.8, 4) is 0 Å². The molecule has 0 aromatic rings. The van der Waals surface area contributed by atoms with Crippen LogP contribution in [0.25, 0.3) is 0 Å². The highest BCUT2D eigenvalue weighted by molar-refractivity contribution is 5.85. The molecule has 0 aliphatic rings. The lowest BCUT2D eigenvalue weighted by Crippen LogP contribution is -1.92. The molecule has 0 aromatic carbocycles. The van der Waals surface area contributed by atoms with E-state index in [4.69, 9.17) is 5.11 Å². The van der Waals surface area contributed by atoms with Gasteiger partial charge in [-0.05, 0) is 40.0 Å². The maximum absolute atomic E-state index is 10.2. The highest BCUT2D eigenvalue weighted by Crippen LogP contribution is 2.08. The summed E-state index contributed by atoms with van der Waals surface area (Å²) >= 11 is 0. The Hall–Kier alpha value is -0.760. The maximum Gasteiger partial charge on any atom is 0.303 e. The summed E-state index contributed by atoms with van der Waals surface area (Å²) in [5, 5.41) is 8.44. The zero-order valence-corrected chi connectivity index (χ0v) is 10.6. The van der Waals surface area contributed by atoms with E-state index in [1.165, 1.54) is 11.1 Å². The molecule has 0 spiro atoms. The lowest BCUT2D eigenvalue weighted by atomic mass is 10.1. The van der Waals surface area contributed by atoms with E-state index in [2.05, 4.69) is 26.8 Å². The molecule has 0 aliphatic carbocycles. The van der Waals surface area contributed by atoms with Gasteiger partial charge in [0, 0.05) is 6.42 Å². The molecule has 0 saturated carbocycles. The van der Waals surface area contributed by atoms with Crippen molar-refractivity contribution in [2.24, 2.45) is 0 Å². The monoisotopic (exact) mass is 232 g/mol. The van der Waals surface area contributed by atoms with Crippen molar-refractivity contribution in [3.63, 3.8) is 0 Å². The molecule has 0 radical (unpaired) electrons. The molecule has 0 rings (SSSR count). The van der Waals surface area contributed by atoms with Gasteiger partial charge >= 0.3 is 5.97 Å². The van der Waals surface area contributed by atoms with Gasteiger partial charge in [-0.15, -0.1) is 12.4 Å². The van der Waals surface area contributed by atoms with E-state index < -0.39 is 5.97 Å². The first kappa shape index (κ1) is 16.7. The predicted octanol–water partition coefficient (Wildman–Crippen LogP) is 3.97. The van der Waals surface area contributed by atoms with Crippen molar-refractivity contribution >= 4 is 18.4 Å². The van der Waals surface area contributed by atoms with E-state index in [0.717, 1.165) is 12.8 Å². The van der Waals surface area contributed by atoms with Crippen molar-refractivity contribution in [3.05, 3.63) is 23.3 Å². The predicted molar refractivity (Wildman–Crippen MR) is 66.5 cm³/mol. The molecule has 0 aliphatic heterocycles. The Bertz CT molecular complexity index is 238. The van der Waals surface area contributed by atoms with E-state index in [-0.39, 0.29) is 18.8 Å². The quantitative estimate of drug-likeness (QED) is 0.704. The number of aliphatic carboxylic acids is 1. The fraction of sp³-hybridized carbons (Fsp3) is 0.583. The molecule has 1 N–H and O–H groups in total. The summed E-state index contributed by atoms with van der Waals surface area (Å²) in [6.07, 6.45) is 7.19. The summed E-state index contributed by atoms with van der Waals surface area (Å²) in [5.74, 6) is -0.724. The van der Waals surface area contributed by atoms with Crippen molar-refractivity contribution < 1.29 is 9.90 Å². The Kier molecular flexibility index (Phi) is 10.9. The van der Waals surface area contributed by atoms with Gasteiger partial charge in [-0.25, -0.2) is 0 Å². The van der Waals surface area contributed by atoms with E-state index in [1.54, 1.807) is 0 Å². The zero-order chi connectivity index (χ0) is 11.0. The standard InChI is InChI=1S/C12H20O2.ClH/c1-10(2)6-4-7-11(3)8-5-9-12(13)14;/h6,8H,4-5,7,9H2,1-3H3,(H,13,14);1H/b11-8-;. The van der Waals surface area contributed by atoms with Gasteiger partial charge in [0.25, 0.3) is 0 Å². The molecule has 0 unspecified atom stereocenters. The van der Waals surface area contributed by atoms with Crippen LogP contribution >= 0.6 is 12.4 Å². The van der Waals surface area contributed by atoms with Gasteiger partial charge in [-0.2, -0.15) is 0 Å². The molecule has 0 bridgehead atoms. The van der Waals surface area contributed by atoms with Crippen molar-refractivity contribution in [2.75, 3.05) is 0 Å².